The second-order valence-corrected chi connectivity index (χ2v) is 12.9. The number of hydrogen-bond acceptors (Lipinski definition) is 7. The van der Waals surface area contributed by atoms with Crippen LogP contribution in [0.1, 0.15) is 50.7 Å². The summed E-state index contributed by atoms with van der Waals surface area (Å²) in [6.45, 7) is 4.30. The predicted molar refractivity (Wildman–Crippen MR) is 177 cm³/mol. The Hall–Kier alpha value is -3.45. The molecule has 0 aliphatic heterocycles. The van der Waals surface area contributed by atoms with E-state index >= 15 is 0 Å². The van der Waals surface area contributed by atoms with E-state index in [4.69, 9.17) is 16.7 Å². The van der Waals surface area contributed by atoms with Crippen LogP contribution in [0.2, 0.25) is 5.02 Å². The summed E-state index contributed by atoms with van der Waals surface area (Å²) in [6.07, 6.45) is 2.74. The Morgan fingerprint density at radius 3 is 2.31 bits per heavy atom. The number of aliphatic carboxylic acids is 1. The monoisotopic (exact) mass is 679 g/mol. The van der Waals surface area contributed by atoms with Crippen LogP contribution in [0.25, 0.3) is 11.1 Å². The summed E-state index contributed by atoms with van der Waals surface area (Å²) in [5.74, 6) is -1.80. The Morgan fingerprint density at radius 2 is 1.69 bits per heavy atom. The van der Waals surface area contributed by atoms with Crippen molar-refractivity contribution in [2.45, 2.75) is 62.6 Å². The molecule has 0 saturated carbocycles. The number of benzene rings is 3. The van der Waals surface area contributed by atoms with E-state index in [9.17, 15) is 27.2 Å². The van der Waals surface area contributed by atoms with Crippen molar-refractivity contribution in [1.29, 1.82) is 0 Å². The highest BCUT2D eigenvalue weighted by atomic mass is 35.5. The lowest BCUT2D eigenvalue weighted by Gasteiger charge is -2.14. The molecule has 3 rings (SSSR count). The fraction of sp³-hybridized carbons (Fsp3) is 0.344. The highest BCUT2D eigenvalue weighted by Gasteiger charge is 2.21. The van der Waals surface area contributed by atoms with Crippen molar-refractivity contribution >= 4 is 52.0 Å². The molecule has 0 radical (unpaired) electrons. The molecule has 0 spiro atoms. The van der Waals surface area contributed by atoms with Crippen LogP contribution < -0.4 is 15.4 Å². The molecule has 0 heterocycles. The first-order chi connectivity index (χ1) is 21.3. The Bertz CT molecular complexity index is 1560. The number of carboxylic acid groups (broad SMARTS) is 1. The highest BCUT2D eigenvalue weighted by Crippen LogP contribution is 2.33. The molecule has 9 nitrogen and oxygen atoms in total. The number of unbranched alkanes of at least 4 members (excludes halogenated alkanes) is 1. The first-order valence-corrected chi connectivity index (χ1v) is 16.7. The van der Waals surface area contributed by atoms with E-state index in [0.29, 0.717) is 54.2 Å². The van der Waals surface area contributed by atoms with Crippen LogP contribution in [0.4, 0.5) is 4.39 Å². The summed E-state index contributed by atoms with van der Waals surface area (Å²) in [7, 11) is -4.05. The summed E-state index contributed by atoms with van der Waals surface area (Å²) in [4.78, 5) is 33.2. The van der Waals surface area contributed by atoms with Crippen LogP contribution in [0.3, 0.4) is 0 Å². The van der Waals surface area contributed by atoms with Crippen LogP contribution in [-0.4, -0.2) is 49.6 Å². The molecule has 4 N–H and O–H groups in total. The number of sulfonamides is 1. The van der Waals surface area contributed by atoms with Gasteiger partial charge in [-0.05, 0) is 42.2 Å². The molecule has 0 fully saturated rings. The van der Waals surface area contributed by atoms with Gasteiger partial charge in [0.15, 0.2) is 0 Å². The molecular weight excluding hydrogens is 641 g/mol. The lowest BCUT2D eigenvalue weighted by Crippen LogP contribution is -2.32. The molecule has 45 heavy (non-hydrogen) atoms. The zero-order valence-corrected chi connectivity index (χ0v) is 27.7. The number of amides is 2. The van der Waals surface area contributed by atoms with E-state index in [1.165, 1.54) is 12.1 Å². The lowest BCUT2D eigenvalue weighted by molar-refractivity contribution is -0.137. The average molecular weight is 680 g/mol. The molecule has 3 aromatic rings. The third kappa shape index (κ3) is 13.6. The summed E-state index contributed by atoms with van der Waals surface area (Å²) < 4.78 is 40.9. The van der Waals surface area contributed by atoms with Crippen molar-refractivity contribution < 1.29 is 32.3 Å². The minimum absolute atomic E-state index is 0.0497. The standard InChI is InChI=1S/C27H29ClFN3O4S2.C5H10O2/c1-18(33)32-38(35,36)26-9-5-3-7-23(26)22-11-10-19(14-24(22)28)16-30-13-12-27(34)31-17-21(37)15-20-6-2-4-8-25(20)29;1-2-3-4-5(6)7/h2-11,14,21,30,37H,12-13,15-17H2,1H3,(H,31,34)(H,32,33);2-4H2,1H3,(H,6,7)/t21-;/m1./s1. The minimum atomic E-state index is -4.05. The maximum Gasteiger partial charge on any atom is 0.303 e. The van der Waals surface area contributed by atoms with Gasteiger partial charge in [0.1, 0.15) is 5.82 Å². The van der Waals surface area contributed by atoms with Gasteiger partial charge in [-0.3, -0.25) is 14.4 Å². The molecule has 0 aromatic heterocycles. The van der Waals surface area contributed by atoms with Gasteiger partial charge < -0.3 is 15.7 Å². The van der Waals surface area contributed by atoms with Crippen molar-refractivity contribution in [3.63, 3.8) is 0 Å². The van der Waals surface area contributed by atoms with Gasteiger partial charge in [0.05, 0.1) is 4.90 Å². The predicted octanol–water partition coefficient (Wildman–Crippen LogP) is 5.37. The first kappa shape index (κ1) is 37.7. The Balaban J connectivity index is 0.000000900. The maximum atomic E-state index is 13.8. The van der Waals surface area contributed by atoms with Crippen molar-refractivity contribution in [3.05, 3.63) is 88.7 Å². The Kier molecular flexibility index (Phi) is 16.1. The van der Waals surface area contributed by atoms with E-state index in [-0.39, 0.29) is 28.3 Å². The third-order valence-corrected chi connectivity index (χ3v) is 8.50. The third-order valence-electron chi connectivity index (χ3n) is 6.33. The summed E-state index contributed by atoms with van der Waals surface area (Å²) >= 11 is 10.9. The molecule has 13 heteroatoms. The molecule has 3 aromatic carbocycles. The Morgan fingerprint density at radius 1 is 1.00 bits per heavy atom. The lowest BCUT2D eigenvalue weighted by atomic mass is 10.0. The normalized spacial score (nSPS) is 11.6. The zero-order valence-electron chi connectivity index (χ0n) is 25.2. The van der Waals surface area contributed by atoms with Crippen LogP contribution >= 0.6 is 24.2 Å². The van der Waals surface area contributed by atoms with Gasteiger partial charge in [-0.15, -0.1) is 0 Å². The second kappa shape index (κ2) is 19.2. The van der Waals surface area contributed by atoms with E-state index in [1.807, 2.05) is 17.7 Å². The Labute approximate surface area is 274 Å². The van der Waals surface area contributed by atoms with E-state index in [1.54, 1.807) is 48.5 Å². The SMILES string of the molecule is CC(=O)NS(=O)(=O)c1ccccc1-c1ccc(CNCCC(=O)NC[C@H](S)Cc2ccccc2F)cc1Cl.CCCCC(=O)O. The number of rotatable bonds is 15. The molecule has 0 saturated heterocycles. The van der Waals surface area contributed by atoms with Crippen LogP contribution in [0.5, 0.6) is 0 Å². The summed E-state index contributed by atoms with van der Waals surface area (Å²) in [6, 6.07) is 18.0. The van der Waals surface area contributed by atoms with Crippen molar-refractivity contribution in [3.8, 4) is 11.1 Å². The average Bonchev–Trinajstić information content (AvgIpc) is 2.98. The van der Waals surface area contributed by atoms with Gasteiger partial charge >= 0.3 is 5.97 Å². The summed E-state index contributed by atoms with van der Waals surface area (Å²) in [5, 5.41) is 14.2. The number of carbonyl (C=O) groups excluding carboxylic acids is 2. The van der Waals surface area contributed by atoms with Gasteiger partial charge in [0.25, 0.3) is 10.0 Å². The molecule has 1 atom stereocenters. The number of carboxylic acids is 1. The smallest absolute Gasteiger partial charge is 0.303 e. The van der Waals surface area contributed by atoms with Crippen molar-refractivity contribution in [2.75, 3.05) is 13.1 Å². The second-order valence-electron chi connectivity index (χ2n) is 10.1. The molecular formula is C32H39ClFN3O6S2. The van der Waals surface area contributed by atoms with E-state index < -0.39 is 21.9 Å². The van der Waals surface area contributed by atoms with Gasteiger partial charge in [-0.1, -0.05) is 73.5 Å². The molecule has 244 valence electrons. The molecule has 0 bridgehead atoms. The quantitative estimate of drug-likeness (QED) is 0.107. The maximum absolute atomic E-state index is 13.8. The number of thiol groups is 1. The van der Waals surface area contributed by atoms with Crippen LogP contribution in [0, 0.1) is 5.82 Å². The minimum Gasteiger partial charge on any atom is -0.481 e. The number of hydrogen-bond donors (Lipinski definition) is 5. The van der Waals surface area contributed by atoms with Gasteiger partial charge in [-0.25, -0.2) is 17.5 Å². The van der Waals surface area contributed by atoms with E-state index in [0.717, 1.165) is 25.3 Å². The zero-order chi connectivity index (χ0) is 33.4. The fourth-order valence-electron chi connectivity index (χ4n) is 4.13. The van der Waals surface area contributed by atoms with E-state index in [2.05, 4.69) is 23.3 Å². The highest BCUT2D eigenvalue weighted by molar-refractivity contribution is 7.90. The number of carbonyl (C=O) groups is 3. The molecule has 0 aliphatic carbocycles. The number of halogens is 2. The summed E-state index contributed by atoms with van der Waals surface area (Å²) in [5.41, 5.74) is 2.29. The molecule has 0 aliphatic rings. The first-order valence-electron chi connectivity index (χ1n) is 14.4. The van der Waals surface area contributed by atoms with Crippen LogP contribution in [-0.2, 0) is 37.4 Å². The molecule has 2 amide bonds. The molecule has 0 unspecified atom stereocenters. The largest absolute Gasteiger partial charge is 0.481 e. The van der Waals surface area contributed by atoms with Gasteiger partial charge in [0, 0.05) is 60.8 Å². The van der Waals surface area contributed by atoms with Crippen LogP contribution in [0.15, 0.2) is 71.6 Å². The topological polar surface area (TPSA) is 142 Å². The number of nitrogens with one attached hydrogen (secondary N) is 3. The van der Waals surface area contributed by atoms with Gasteiger partial charge in [-0.2, -0.15) is 12.6 Å². The van der Waals surface area contributed by atoms with Gasteiger partial charge in [0.2, 0.25) is 11.8 Å². The van der Waals surface area contributed by atoms with Crippen molar-refractivity contribution in [1.82, 2.24) is 15.4 Å². The van der Waals surface area contributed by atoms with Crippen molar-refractivity contribution in [2.24, 2.45) is 0 Å². The fourth-order valence-corrected chi connectivity index (χ4v) is 5.93.